The third kappa shape index (κ3) is 3.78. The molecule has 2 heterocycles. The van der Waals surface area contributed by atoms with Crippen molar-refractivity contribution < 1.29 is 23.5 Å². The summed E-state index contributed by atoms with van der Waals surface area (Å²) in [6.07, 6.45) is 0.554. The van der Waals surface area contributed by atoms with E-state index < -0.39 is 17.9 Å². The van der Waals surface area contributed by atoms with Gasteiger partial charge in [-0.05, 0) is 38.5 Å². The highest BCUT2D eigenvalue weighted by Crippen LogP contribution is 2.32. The third-order valence-electron chi connectivity index (χ3n) is 3.08. The molecular formula is C15H16N2O5S. The van der Waals surface area contributed by atoms with Crippen molar-refractivity contribution in [2.45, 2.75) is 20.8 Å². The fourth-order valence-corrected chi connectivity index (χ4v) is 2.94. The fraction of sp³-hybridized carbons (Fsp3) is 0.267. The van der Waals surface area contributed by atoms with Gasteiger partial charge >= 0.3 is 6.09 Å². The standard InChI is InChI=1S/C15H16N2O5S/c1-4-21-15(20)17-13(19)11-8(2)9(3)23-14(11)16-12(18)10-6-5-7-22-10/h5-7H,4H2,1-3H3,(H,16,18)(H,17,19,20). The number of hydrogen-bond acceptors (Lipinski definition) is 6. The molecule has 0 aliphatic carbocycles. The van der Waals surface area contributed by atoms with E-state index in [4.69, 9.17) is 9.15 Å². The summed E-state index contributed by atoms with van der Waals surface area (Å²) in [6.45, 7) is 5.36. The largest absolute Gasteiger partial charge is 0.459 e. The van der Waals surface area contributed by atoms with Crippen LogP contribution < -0.4 is 10.6 Å². The maximum atomic E-state index is 12.3. The molecule has 8 heteroatoms. The van der Waals surface area contributed by atoms with Crippen LogP contribution in [-0.2, 0) is 4.74 Å². The van der Waals surface area contributed by atoms with Crippen molar-refractivity contribution in [3.63, 3.8) is 0 Å². The quantitative estimate of drug-likeness (QED) is 0.894. The Morgan fingerprint density at radius 3 is 2.61 bits per heavy atom. The van der Waals surface area contributed by atoms with E-state index in [0.717, 1.165) is 4.88 Å². The van der Waals surface area contributed by atoms with E-state index in [-0.39, 0.29) is 17.9 Å². The number of alkyl carbamates (subject to hydrolysis) is 1. The lowest BCUT2D eigenvalue weighted by Gasteiger charge is -2.07. The van der Waals surface area contributed by atoms with Gasteiger partial charge in [-0.15, -0.1) is 11.3 Å². The van der Waals surface area contributed by atoms with Gasteiger partial charge in [0, 0.05) is 4.88 Å². The van der Waals surface area contributed by atoms with Gasteiger partial charge in [0.05, 0.1) is 18.4 Å². The second-order valence-corrected chi connectivity index (χ2v) is 5.82. The first-order valence-corrected chi connectivity index (χ1v) is 7.68. The number of amides is 3. The first-order valence-electron chi connectivity index (χ1n) is 6.87. The SMILES string of the molecule is CCOC(=O)NC(=O)c1c(NC(=O)c2ccco2)sc(C)c1C. The monoisotopic (exact) mass is 336 g/mol. The summed E-state index contributed by atoms with van der Waals surface area (Å²) in [7, 11) is 0. The van der Waals surface area contributed by atoms with Gasteiger partial charge < -0.3 is 14.5 Å². The molecule has 0 aliphatic rings. The Hall–Kier alpha value is -2.61. The van der Waals surface area contributed by atoms with Crippen molar-refractivity contribution in [1.29, 1.82) is 0 Å². The van der Waals surface area contributed by atoms with Crippen LogP contribution in [0.3, 0.4) is 0 Å². The Morgan fingerprint density at radius 2 is 2.00 bits per heavy atom. The van der Waals surface area contributed by atoms with Crippen LogP contribution in [-0.4, -0.2) is 24.5 Å². The van der Waals surface area contributed by atoms with Crippen LogP contribution in [0.1, 0.15) is 38.3 Å². The number of thiophene rings is 1. The highest BCUT2D eigenvalue weighted by molar-refractivity contribution is 7.16. The van der Waals surface area contributed by atoms with Gasteiger partial charge in [-0.2, -0.15) is 0 Å². The summed E-state index contributed by atoms with van der Waals surface area (Å²) in [6, 6.07) is 3.11. The van der Waals surface area contributed by atoms with Gasteiger partial charge in [0.15, 0.2) is 5.76 Å². The topological polar surface area (TPSA) is 97.6 Å². The number of rotatable bonds is 4. The molecule has 0 spiro atoms. The van der Waals surface area contributed by atoms with Gasteiger partial charge in [-0.3, -0.25) is 14.9 Å². The van der Waals surface area contributed by atoms with Gasteiger partial charge in [-0.1, -0.05) is 0 Å². The lowest BCUT2D eigenvalue weighted by Crippen LogP contribution is -2.31. The molecule has 2 aromatic rings. The predicted molar refractivity (Wildman–Crippen MR) is 84.9 cm³/mol. The Bertz CT molecular complexity index is 733. The van der Waals surface area contributed by atoms with Crippen molar-refractivity contribution in [2.24, 2.45) is 0 Å². The van der Waals surface area contributed by atoms with E-state index >= 15 is 0 Å². The summed E-state index contributed by atoms with van der Waals surface area (Å²) >= 11 is 1.25. The number of nitrogens with one attached hydrogen (secondary N) is 2. The molecule has 7 nitrogen and oxygen atoms in total. The molecule has 3 amide bonds. The molecular weight excluding hydrogens is 320 g/mol. The Labute approximate surface area is 136 Å². The zero-order chi connectivity index (χ0) is 17.0. The van der Waals surface area contributed by atoms with E-state index in [1.807, 2.05) is 6.92 Å². The number of aryl methyl sites for hydroxylation is 1. The van der Waals surface area contributed by atoms with Crippen molar-refractivity contribution in [2.75, 3.05) is 11.9 Å². The highest BCUT2D eigenvalue weighted by atomic mass is 32.1. The van der Waals surface area contributed by atoms with E-state index in [9.17, 15) is 14.4 Å². The molecule has 0 saturated heterocycles. The summed E-state index contributed by atoms with van der Waals surface area (Å²) in [5, 5.41) is 5.12. The summed E-state index contributed by atoms with van der Waals surface area (Å²) < 4.78 is 9.71. The molecule has 0 fully saturated rings. The number of ether oxygens (including phenoxy) is 1. The van der Waals surface area contributed by atoms with Gasteiger partial charge in [0.2, 0.25) is 0 Å². The van der Waals surface area contributed by atoms with Crippen LogP contribution in [0.4, 0.5) is 9.80 Å². The molecule has 0 aromatic carbocycles. The molecule has 0 bridgehead atoms. The third-order valence-corrected chi connectivity index (χ3v) is 4.20. The number of furan rings is 1. The van der Waals surface area contributed by atoms with Crippen molar-refractivity contribution >= 4 is 34.2 Å². The smallest absolute Gasteiger partial charge is 0.414 e. The van der Waals surface area contributed by atoms with Gasteiger partial charge in [0.25, 0.3) is 11.8 Å². The van der Waals surface area contributed by atoms with Crippen LogP contribution in [0, 0.1) is 13.8 Å². The molecule has 0 unspecified atom stereocenters. The zero-order valence-electron chi connectivity index (χ0n) is 12.9. The van der Waals surface area contributed by atoms with E-state index in [1.165, 1.54) is 23.7 Å². The number of hydrogen-bond donors (Lipinski definition) is 2. The van der Waals surface area contributed by atoms with Crippen LogP contribution in [0.2, 0.25) is 0 Å². The van der Waals surface area contributed by atoms with Crippen molar-refractivity contribution in [3.05, 3.63) is 40.2 Å². The number of anilines is 1. The maximum Gasteiger partial charge on any atom is 0.414 e. The molecule has 0 saturated carbocycles. The normalized spacial score (nSPS) is 10.2. The predicted octanol–water partition coefficient (Wildman–Crippen LogP) is 3.10. The lowest BCUT2D eigenvalue weighted by atomic mass is 10.1. The van der Waals surface area contributed by atoms with Gasteiger partial charge in [-0.25, -0.2) is 4.79 Å². The molecule has 23 heavy (non-hydrogen) atoms. The molecule has 0 aliphatic heterocycles. The van der Waals surface area contributed by atoms with E-state index in [1.54, 1.807) is 19.9 Å². The molecule has 2 rings (SSSR count). The van der Waals surface area contributed by atoms with Crippen molar-refractivity contribution in [1.82, 2.24) is 5.32 Å². The Balaban J connectivity index is 2.24. The molecule has 2 N–H and O–H groups in total. The Morgan fingerprint density at radius 1 is 1.26 bits per heavy atom. The first kappa shape index (κ1) is 16.8. The van der Waals surface area contributed by atoms with Crippen LogP contribution in [0.25, 0.3) is 0 Å². The maximum absolute atomic E-state index is 12.3. The van der Waals surface area contributed by atoms with Gasteiger partial charge in [0.1, 0.15) is 5.00 Å². The average Bonchev–Trinajstić information content (AvgIpc) is 3.09. The second-order valence-electron chi connectivity index (χ2n) is 4.59. The van der Waals surface area contributed by atoms with Crippen LogP contribution in [0.5, 0.6) is 0 Å². The van der Waals surface area contributed by atoms with Crippen molar-refractivity contribution in [3.8, 4) is 0 Å². The summed E-state index contributed by atoms with van der Waals surface area (Å²) in [4.78, 5) is 36.6. The van der Waals surface area contributed by atoms with Crippen LogP contribution in [0.15, 0.2) is 22.8 Å². The average molecular weight is 336 g/mol. The molecule has 122 valence electrons. The number of carbonyl (C=O) groups excluding carboxylic acids is 3. The minimum atomic E-state index is -0.830. The molecule has 0 radical (unpaired) electrons. The minimum absolute atomic E-state index is 0.130. The zero-order valence-corrected chi connectivity index (χ0v) is 13.7. The summed E-state index contributed by atoms with van der Waals surface area (Å²) in [5.74, 6) is -0.966. The highest BCUT2D eigenvalue weighted by Gasteiger charge is 2.23. The Kier molecular flexibility index (Phi) is 5.17. The van der Waals surface area contributed by atoms with Crippen LogP contribution >= 0.6 is 11.3 Å². The first-order chi connectivity index (χ1) is 10.9. The number of carbonyl (C=O) groups is 3. The van der Waals surface area contributed by atoms with E-state index in [2.05, 4.69) is 10.6 Å². The second kappa shape index (κ2) is 7.10. The lowest BCUT2D eigenvalue weighted by molar-refractivity contribution is 0.0925. The molecule has 2 aromatic heterocycles. The van der Waals surface area contributed by atoms with E-state index in [0.29, 0.717) is 10.6 Å². The fourth-order valence-electron chi connectivity index (χ4n) is 1.88. The minimum Gasteiger partial charge on any atom is -0.459 e. The number of imide groups is 1. The summed E-state index contributed by atoms with van der Waals surface area (Å²) in [5.41, 5.74) is 0.923. The molecule has 0 atom stereocenters.